The molecule has 0 aromatic rings. The van der Waals surface area contributed by atoms with Gasteiger partial charge in [-0.15, -0.1) is 0 Å². The Morgan fingerprint density at radius 3 is 2.88 bits per heavy atom. The number of rotatable bonds is 3. The second-order valence-electron chi connectivity index (χ2n) is 4.20. The molecule has 6 nitrogen and oxygen atoms in total. The summed E-state index contributed by atoms with van der Waals surface area (Å²) in [6.07, 6.45) is -1.97. The van der Waals surface area contributed by atoms with E-state index in [9.17, 15) is 5.11 Å². The lowest BCUT2D eigenvalue weighted by Gasteiger charge is -2.49. The molecule has 0 radical (unpaired) electrons. The number of fused-ring (bicyclic) bond motifs is 2. The zero-order valence-corrected chi connectivity index (χ0v) is 9.46. The summed E-state index contributed by atoms with van der Waals surface area (Å²) in [6.45, 7) is 3.85. The minimum Gasteiger partial charge on any atom is -0.394 e. The summed E-state index contributed by atoms with van der Waals surface area (Å²) in [6, 6.07) is 0. The second kappa shape index (κ2) is 4.56. The summed E-state index contributed by atoms with van der Waals surface area (Å²) in [7, 11) is 0. The number of hydrogen-bond donors (Lipinski definition) is 2. The molecule has 2 aliphatic heterocycles. The number of aliphatic hydroxyl groups is 2. The molecular formula is C10H18O6. The Bertz CT molecular complexity index is 247. The topological polar surface area (TPSA) is 77.4 Å². The van der Waals surface area contributed by atoms with Crippen molar-refractivity contribution in [2.45, 2.75) is 44.2 Å². The maximum atomic E-state index is 9.93. The van der Waals surface area contributed by atoms with Crippen molar-refractivity contribution >= 4 is 0 Å². The van der Waals surface area contributed by atoms with E-state index in [1.807, 2.05) is 0 Å². The Labute approximate surface area is 94.1 Å². The highest BCUT2D eigenvalue weighted by molar-refractivity contribution is 4.90. The van der Waals surface area contributed by atoms with Crippen LogP contribution in [0.3, 0.4) is 0 Å². The molecule has 94 valence electrons. The first-order valence-corrected chi connectivity index (χ1v) is 5.46. The van der Waals surface area contributed by atoms with Gasteiger partial charge in [-0.05, 0) is 6.92 Å². The van der Waals surface area contributed by atoms with Crippen molar-refractivity contribution in [3.63, 3.8) is 0 Å². The van der Waals surface area contributed by atoms with Gasteiger partial charge in [0.2, 0.25) is 0 Å². The molecule has 5 atom stereocenters. The molecule has 0 aliphatic carbocycles. The lowest BCUT2D eigenvalue weighted by atomic mass is 10.0. The lowest BCUT2D eigenvalue weighted by Crippen LogP contribution is -2.64. The average Bonchev–Trinajstić information content (AvgIpc) is 2.24. The summed E-state index contributed by atoms with van der Waals surface area (Å²) in [5.41, 5.74) is 0. The Kier molecular flexibility index (Phi) is 3.48. The molecule has 2 aliphatic rings. The number of hydrogen-bond acceptors (Lipinski definition) is 6. The van der Waals surface area contributed by atoms with Gasteiger partial charge in [-0.2, -0.15) is 0 Å². The molecule has 2 bridgehead atoms. The fourth-order valence-electron chi connectivity index (χ4n) is 2.06. The number of aliphatic hydroxyl groups excluding tert-OH is 2. The van der Waals surface area contributed by atoms with Crippen molar-refractivity contribution in [3.8, 4) is 0 Å². The highest BCUT2D eigenvalue weighted by Crippen LogP contribution is 2.34. The van der Waals surface area contributed by atoms with Crippen molar-refractivity contribution < 1.29 is 29.2 Å². The molecule has 2 N–H and O–H groups in total. The molecule has 0 aromatic carbocycles. The van der Waals surface area contributed by atoms with Gasteiger partial charge in [-0.25, -0.2) is 0 Å². The molecule has 0 aromatic heterocycles. The summed E-state index contributed by atoms with van der Waals surface area (Å²) in [4.78, 5) is 0. The SMILES string of the molecule is C[C@H]1OC2(C)OC[C@H](OCCO)C(O2)[C@@H]1O. The van der Waals surface area contributed by atoms with Crippen LogP contribution in [-0.2, 0) is 18.9 Å². The third-order valence-corrected chi connectivity index (χ3v) is 2.87. The standard InChI is InChI=1S/C10H18O6/c1-6-8(12)9-7(13-4-3-11)5-14-10(2,15-6)16-9/h6-9,11-12H,3-5H2,1-2H3/t6-,7+,8-,9?,10?/m1/s1. The molecule has 2 saturated heterocycles. The highest BCUT2D eigenvalue weighted by Gasteiger charge is 2.51. The van der Waals surface area contributed by atoms with Gasteiger partial charge in [-0.1, -0.05) is 0 Å². The van der Waals surface area contributed by atoms with Gasteiger partial charge in [0.1, 0.15) is 18.3 Å². The molecule has 2 unspecified atom stereocenters. The zero-order valence-electron chi connectivity index (χ0n) is 9.46. The first kappa shape index (κ1) is 12.2. The lowest BCUT2D eigenvalue weighted by molar-refractivity contribution is -0.473. The molecular weight excluding hydrogens is 216 g/mol. The third-order valence-electron chi connectivity index (χ3n) is 2.87. The van der Waals surface area contributed by atoms with Gasteiger partial charge < -0.3 is 29.2 Å². The van der Waals surface area contributed by atoms with Crippen molar-refractivity contribution in [1.82, 2.24) is 0 Å². The van der Waals surface area contributed by atoms with E-state index in [-0.39, 0.29) is 32.0 Å². The van der Waals surface area contributed by atoms with E-state index >= 15 is 0 Å². The monoisotopic (exact) mass is 234 g/mol. The van der Waals surface area contributed by atoms with Crippen molar-refractivity contribution in [3.05, 3.63) is 0 Å². The van der Waals surface area contributed by atoms with Gasteiger partial charge in [0, 0.05) is 6.92 Å². The predicted molar refractivity (Wildman–Crippen MR) is 52.6 cm³/mol. The van der Waals surface area contributed by atoms with E-state index < -0.39 is 18.2 Å². The highest BCUT2D eigenvalue weighted by atomic mass is 16.9. The molecule has 6 heteroatoms. The maximum absolute atomic E-state index is 9.93. The van der Waals surface area contributed by atoms with Crippen LogP contribution in [0.4, 0.5) is 0 Å². The quantitative estimate of drug-likeness (QED) is 0.668. The average molecular weight is 234 g/mol. The van der Waals surface area contributed by atoms with Gasteiger partial charge in [-0.3, -0.25) is 0 Å². The van der Waals surface area contributed by atoms with E-state index in [1.165, 1.54) is 0 Å². The van der Waals surface area contributed by atoms with Crippen molar-refractivity contribution in [2.24, 2.45) is 0 Å². The molecule has 2 rings (SSSR count). The first-order valence-electron chi connectivity index (χ1n) is 5.46. The van der Waals surface area contributed by atoms with Crippen LogP contribution in [0.2, 0.25) is 0 Å². The Hall–Kier alpha value is -0.240. The van der Waals surface area contributed by atoms with Gasteiger partial charge in [0.15, 0.2) is 0 Å². The van der Waals surface area contributed by atoms with Gasteiger partial charge >= 0.3 is 0 Å². The van der Waals surface area contributed by atoms with Crippen LogP contribution in [0.1, 0.15) is 13.8 Å². The summed E-state index contributed by atoms with van der Waals surface area (Å²) >= 11 is 0. The minimum atomic E-state index is -1.09. The summed E-state index contributed by atoms with van der Waals surface area (Å²) in [5.74, 6) is -1.09. The van der Waals surface area contributed by atoms with Crippen molar-refractivity contribution in [1.29, 1.82) is 0 Å². The normalized spacial score (nSPS) is 48.0. The summed E-state index contributed by atoms with van der Waals surface area (Å²) < 4.78 is 21.7. The van der Waals surface area contributed by atoms with E-state index in [0.717, 1.165) is 0 Å². The van der Waals surface area contributed by atoms with Gasteiger partial charge in [0.05, 0.1) is 25.9 Å². The third kappa shape index (κ3) is 2.22. The van der Waals surface area contributed by atoms with Crippen LogP contribution >= 0.6 is 0 Å². The van der Waals surface area contributed by atoms with Crippen LogP contribution < -0.4 is 0 Å². The Morgan fingerprint density at radius 1 is 1.44 bits per heavy atom. The van der Waals surface area contributed by atoms with Gasteiger partial charge in [0.25, 0.3) is 5.97 Å². The van der Waals surface area contributed by atoms with E-state index in [2.05, 4.69) is 0 Å². The fourth-order valence-corrected chi connectivity index (χ4v) is 2.06. The zero-order chi connectivity index (χ0) is 11.8. The Morgan fingerprint density at radius 2 is 2.19 bits per heavy atom. The minimum absolute atomic E-state index is 0.0668. The molecule has 0 spiro atoms. The maximum Gasteiger partial charge on any atom is 0.280 e. The first-order chi connectivity index (χ1) is 7.56. The molecule has 16 heavy (non-hydrogen) atoms. The van der Waals surface area contributed by atoms with Crippen LogP contribution in [0.5, 0.6) is 0 Å². The Balaban J connectivity index is 2.04. The number of ether oxygens (including phenoxy) is 4. The van der Waals surface area contributed by atoms with Crippen LogP contribution in [-0.4, -0.2) is 60.4 Å². The van der Waals surface area contributed by atoms with E-state index in [0.29, 0.717) is 0 Å². The fraction of sp³-hybridized carbons (Fsp3) is 1.00. The molecule has 2 fully saturated rings. The van der Waals surface area contributed by atoms with Crippen molar-refractivity contribution in [2.75, 3.05) is 19.8 Å². The molecule has 2 heterocycles. The van der Waals surface area contributed by atoms with Crippen LogP contribution in [0.25, 0.3) is 0 Å². The molecule has 0 amide bonds. The second-order valence-corrected chi connectivity index (χ2v) is 4.20. The van der Waals surface area contributed by atoms with E-state index in [1.54, 1.807) is 13.8 Å². The van der Waals surface area contributed by atoms with Crippen LogP contribution in [0.15, 0.2) is 0 Å². The van der Waals surface area contributed by atoms with E-state index in [4.69, 9.17) is 24.1 Å². The summed E-state index contributed by atoms with van der Waals surface area (Å²) in [5, 5.41) is 18.6. The predicted octanol–water partition coefficient (Wildman–Crippen LogP) is -0.767. The van der Waals surface area contributed by atoms with Crippen LogP contribution in [0, 0.1) is 0 Å². The smallest absolute Gasteiger partial charge is 0.280 e. The largest absolute Gasteiger partial charge is 0.394 e. The molecule has 0 saturated carbocycles.